The number of hydrogen-bond acceptors (Lipinski definition) is 6. The SMILES string of the molecule is O=C(/C=C/C(=O)OCC1CCC2OC2C1)OCC1CCC2OC2C1. The molecule has 132 valence electrons. The Morgan fingerprint density at radius 3 is 1.62 bits per heavy atom. The maximum absolute atomic E-state index is 11.7. The number of esters is 2. The highest BCUT2D eigenvalue weighted by atomic mass is 16.6. The van der Waals surface area contributed by atoms with Gasteiger partial charge in [0.2, 0.25) is 0 Å². The quantitative estimate of drug-likeness (QED) is 0.418. The molecular formula is C18H24O6. The zero-order chi connectivity index (χ0) is 16.5. The second kappa shape index (κ2) is 6.84. The van der Waals surface area contributed by atoms with Crippen LogP contribution < -0.4 is 0 Å². The highest BCUT2D eigenvalue weighted by Crippen LogP contribution is 2.40. The van der Waals surface area contributed by atoms with Gasteiger partial charge in [-0.15, -0.1) is 0 Å². The maximum atomic E-state index is 11.7. The Kier molecular flexibility index (Phi) is 4.59. The molecule has 0 radical (unpaired) electrons. The first kappa shape index (κ1) is 16.1. The molecule has 0 aromatic carbocycles. The molecule has 6 heteroatoms. The Hall–Kier alpha value is -1.40. The molecule has 6 nitrogen and oxygen atoms in total. The Bertz CT molecular complexity index is 484. The summed E-state index contributed by atoms with van der Waals surface area (Å²) in [6.07, 6.45) is 10.1. The van der Waals surface area contributed by atoms with E-state index in [1.807, 2.05) is 0 Å². The summed E-state index contributed by atoms with van der Waals surface area (Å²) in [4.78, 5) is 23.3. The Balaban J connectivity index is 1.10. The van der Waals surface area contributed by atoms with Crippen molar-refractivity contribution in [3.05, 3.63) is 12.2 Å². The van der Waals surface area contributed by atoms with Crippen LogP contribution in [0.3, 0.4) is 0 Å². The molecule has 2 saturated heterocycles. The zero-order valence-corrected chi connectivity index (χ0v) is 13.7. The second-order valence-electron chi connectivity index (χ2n) is 7.38. The molecule has 2 aliphatic heterocycles. The van der Waals surface area contributed by atoms with Crippen LogP contribution in [-0.2, 0) is 28.5 Å². The Morgan fingerprint density at radius 2 is 1.21 bits per heavy atom. The van der Waals surface area contributed by atoms with Gasteiger partial charge in [-0.25, -0.2) is 9.59 Å². The number of carbonyl (C=O) groups is 2. The third kappa shape index (κ3) is 4.16. The molecular weight excluding hydrogens is 312 g/mol. The smallest absolute Gasteiger partial charge is 0.331 e. The average Bonchev–Trinajstić information content (AvgIpc) is 3.49. The molecule has 6 atom stereocenters. The number of ether oxygens (including phenoxy) is 4. The first-order valence-electron chi connectivity index (χ1n) is 9.00. The van der Waals surface area contributed by atoms with Crippen LogP contribution in [0.4, 0.5) is 0 Å². The lowest BCUT2D eigenvalue weighted by molar-refractivity contribution is -0.142. The molecule has 0 amide bonds. The van der Waals surface area contributed by atoms with Crippen LogP contribution in [0.1, 0.15) is 38.5 Å². The van der Waals surface area contributed by atoms with Crippen molar-refractivity contribution in [2.24, 2.45) is 11.8 Å². The number of hydrogen-bond donors (Lipinski definition) is 0. The van der Waals surface area contributed by atoms with Gasteiger partial charge < -0.3 is 18.9 Å². The van der Waals surface area contributed by atoms with E-state index in [2.05, 4.69) is 0 Å². The van der Waals surface area contributed by atoms with E-state index in [-0.39, 0.29) is 0 Å². The van der Waals surface area contributed by atoms with E-state index < -0.39 is 11.9 Å². The summed E-state index contributed by atoms with van der Waals surface area (Å²) in [5.41, 5.74) is 0. The molecule has 24 heavy (non-hydrogen) atoms. The highest BCUT2D eigenvalue weighted by molar-refractivity contribution is 5.91. The molecule has 4 aliphatic rings. The minimum atomic E-state index is -0.488. The minimum absolute atomic E-state index is 0.373. The van der Waals surface area contributed by atoms with Crippen molar-refractivity contribution in [2.75, 3.05) is 13.2 Å². The molecule has 2 heterocycles. The van der Waals surface area contributed by atoms with Crippen molar-refractivity contribution in [2.45, 2.75) is 62.9 Å². The summed E-state index contributed by atoms with van der Waals surface area (Å²) in [5.74, 6) is -0.231. The van der Waals surface area contributed by atoms with Gasteiger partial charge in [-0.1, -0.05) is 0 Å². The zero-order valence-electron chi connectivity index (χ0n) is 13.7. The van der Waals surface area contributed by atoms with Gasteiger partial charge >= 0.3 is 11.9 Å². The van der Waals surface area contributed by atoms with Crippen LogP contribution in [-0.4, -0.2) is 49.6 Å². The lowest BCUT2D eigenvalue weighted by Crippen LogP contribution is -2.20. The van der Waals surface area contributed by atoms with Gasteiger partial charge in [-0.2, -0.15) is 0 Å². The van der Waals surface area contributed by atoms with E-state index in [0.29, 0.717) is 49.5 Å². The van der Waals surface area contributed by atoms with Crippen LogP contribution in [0.25, 0.3) is 0 Å². The van der Waals surface area contributed by atoms with E-state index in [4.69, 9.17) is 18.9 Å². The largest absolute Gasteiger partial charge is 0.462 e. The van der Waals surface area contributed by atoms with Gasteiger partial charge in [-0.05, 0) is 50.4 Å². The van der Waals surface area contributed by atoms with E-state index in [1.165, 1.54) is 0 Å². The predicted molar refractivity (Wildman–Crippen MR) is 83.1 cm³/mol. The van der Waals surface area contributed by atoms with Crippen LogP contribution in [0.2, 0.25) is 0 Å². The summed E-state index contributed by atoms with van der Waals surface area (Å²) in [7, 11) is 0. The maximum Gasteiger partial charge on any atom is 0.331 e. The molecule has 2 saturated carbocycles. The van der Waals surface area contributed by atoms with Crippen molar-refractivity contribution in [3.63, 3.8) is 0 Å². The fourth-order valence-corrected chi connectivity index (χ4v) is 3.91. The Morgan fingerprint density at radius 1 is 0.750 bits per heavy atom. The molecule has 0 aromatic heterocycles. The van der Waals surface area contributed by atoms with Gasteiger partial charge in [0.25, 0.3) is 0 Å². The predicted octanol–water partition coefficient (Wildman–Crippen LogP) is 1.76. The number of carbonyl (C=O) groups excluding carboxylic acids is 2. The van der Waals surface area contributed by atoms with E-state index in [9.17, 15) is 9.59 Å². The van der Waals surface area contributed by atoms with Crippen molar-refractivity contribution in [1.82, 2.24) is 0 Å². The van der Waals surface area contributed by atoms with Crippen molar-refractivity contribution in [1.29, 1.82) is 0 Å². The third-order valence-corrected chi connectivity index (χ3v) is 5.50. The molecule has 0 N–H and O–H groups in total. The van der Waals surface area contributed by atoms with Crippen molar-refractivity contribution in [3.8, 4) is 0 Å². The normalized spacial score (nSPS) is 39.7. The van der Waals surface area contributed by atoms with Gasteiger partial charge in [0.1, 0.15) is 0 Å². The summed E-state index contributed by atoms with van der Waals surface area (Å²) in [6, 6.07) is 0. The summed E-state index contributed by atoms with van der Waals surface area (Å²) in [5, 5.41) is 0. The standard InChI is InChI=1S/C18H24O6/c19-17(21-9-11-1-3-13-15(7-11)23-13)5-6-18(20)22-10-12-2-4-14-16(8-12)24-14/h5-6,11-16H,1-4,7-10H2/b6-5+. The monoisotopic (exact) mass is 336 g/mol. The van der Waals surface area contributed by atoms with Crippen LogP contribution in [0, 0.1) is 11.8 Å². The van der Waals surface area contributed by atoms with E-state index in [0.717, 1.165) is 50.7 Å². The summed E-state index contributed by atoms with van der Waals surface area (Å²) >= 11 is 0. The van der Waals surface area contributed by atoms with Crippen LogP contribution in [0.5, 0.6) is 0 Å². The number of epoxide rings is 2. The molecule has 0 spiro atoms. The topological polar surface area (TPSA) is 77.7 Å². The third-order valence-electron chi connectivity index (χ3n) is 5.50. The fourth-order valence-electron chi connectivity index (χ4n) is 3.91. The summed E-state index contributed by atoms with van der Waals surface area (Å²) < 4.78 is 21.3. The Labute approximate surface area is 141 Å². The number of fused-ring (bicyclic) bond motifs is 2. The molecule has 0 aromatic rings. The van der Waals surface area contributed by atoms with Crippen molar-refractivity contribution < 1.29 is 28.5 Å². The van der Waals surface area contributed by atoms with E-state index in [1.54, 1.807) is 0 Å². The summed E-state index contributed by atoms with van der Waals surface area (Å²) in [6.45, 7) is 0.796. The molecule has 6 unspecified atom stereocenters. The van der Waals surface area contributed by atoms with Gasteiger partial charge in [0.15, 0.2) is 0 Å². The van der Waals surface area contributed by atoms with Crippen molar-refractivity contribution >= 4 is 11.9 Å². The lowest BCUT2D eigenvalue weighted by atomic mass is 9.90. The first-order valence-corrected chi connectivity index (χ1v) is 9.00. The van der Waals surface area contributed by atoms with Crippen LogP contribution >= 0.6 is 0 Å². The van der Waals surface area contributed by atoms with Gasteiger partial charge in [0, 0.05) is 12.2 Å². The molecule has 4 rings (SSSR count). The highest BCUT2D eigenvalue weighted by Gasteiger charge is 2.44. The lowest BCUT2D eigenvalue weighted by Gasteiger charge is -2.18. The van der Waals surface area contributed by atoms with Gasteiger partial charge in [-0.3, -0.25) is 0 Å². The minimum Gasteiger partial charge on any atom is -0.462 e. The molecule has 2 aliphatic carbocycles. The molecule has 4 fully saturated rings. The van der Waals surface area contributed by atoms with E-state index >= 15 is 0 Å². The second-order valence-corrected chi connectivity index (χ2v) is 7.38. The fraction of sp³-hybridized carbons (Fsp3) is 0.778. The number of rotatable bonds is 6. The first-order chi connectivity index (χ1) is 11.7. The van der Waals surface area contributed by atoms with Crippen LogP contribution in [0.15, 0.2) is 12.2 Å². The average molecular weight is 336 g/mol. The van der Waals surface area contributed by atoms with Gasteiger partial charge in [0.05, 0.1) is 37.6 Å². The molecule has 0 bridgehead atoms.